The van der Waals surface area contributed by atoms with Crippen LogP contribution in [-0.4, -0.2) is 20.0 Å². The summed E-state index contributed by atoms with van der Waals surface area (Å²) >= 11 is 0. The van der Waals surface area contributed by atoms with Gasteiger partial charge in [-0.25, -0.2) is 0 Å². The second-order valence-electron chi connectivity index (χ2n) is 3.63. The molecule has 5 nitrogen and oxygen atoms in total. The van der Waals surface area contributed by atoms with Gasteiger partial charge in [-0.15, -0.1) is 0 Å². The van der Waals surface area contributed by atoms with E-state index in [2.05, 4.69) is 5.32 Å². The number of rotatable bonds is 2. The first kappa shape index (κ1) is 11.7. The van der Waals surface area contributed by atoms with E-state index in [4.69, 9.17) is 10.3 Å². The minimum absolute atomic E-state index is 0.162. The van der Waals surface area contributed by atoms with E-state index < -0.39 is 10.1 Å². The first-order valence-electron chi connectivity index (χ1n) is 4.91. The number of fused-ring (bicyclic) bond motifs is 1. The van der Waals surface area contributed by atoms with E-state index in [1.165, 1.54) is 12.1 Å². The predicted octanol–water partition coefficient (Wildman–Crippen LogP) is 1.71. The molecular formula is C11H12N2O3S. The number of nitrogen functional groups attached to an aromatic ring is 1. The average Bonchev–Trinajstić information content (AvgIpc) is 2.28. The van der Waals surface area contributed by atoms with Crippen molar-refractivity contribution in [3.8, 4) is 0 Å². The Morgan fingerprint density at radius 2 is 1.88 bits per heavy atom. The molecule has 0 bridgehead atoms. The molecule has 0 saturated heterocycles. The van der Waals surface area contributed by atoms with E-state index in [-0.39, 0.29) is 4.90 Å². The first-order valence-corrected chi connectivity index (χ1v) is 6.35. The zero-order valence-corrected chi connectivity index (χ0v) is 9.95. The third-order valence-corrected chi connectivity index (χ3v) is 3.44. The molecule has 0 atom stereocenters. The van der Waals surface area contributed by atoms with Crippen LogP contribution in [0, 0.1) is 0 Å². The Bertz CT molecular complexity index is 680. The lowest BCUT2D eigenvalue weighted by Gasteiger charge is -2.09. The molecule has 0 aliphatic rings. The molecule has 0 fully saturated rings. The summed E-state index contributed by atoms with van der Waals surface area (Å²) in [6, 6.07) is 7.81. The summed E-state index contributed by atoms with van der Waals surface area (Å²) in [5.41, 5.74) is 7.09. The average molecular weight is 252 g/mol. The van der Waals surface area contributed by atoms with Gasteiger partial charge in [-0.3, -0.25) is 4.55 Å². The van der Waals surface area contributed by atoms with Crippen molar-refractivity contribution in [2.24, 2.45) is 0 Å². The minimum Gasteiger partial charge on any atom is -0.398 e. The van der Waals surface area contributed by atoms with Crippen LogP contribution in [0.15, 0.2) is 35.2 Å². The van der Waals surface area contributed by atoms with Gasteiger partial charge in [0.05, 0.1) is 4.90 Å². The Labute approximate surface area is 99.0 Å². The van der Waals surface area contributed by atoms with Crippen molar-refractivity contribution in [2.75, 3.05) is 18.1 Å². The summed E-state index contributed by atoms with van der Waals surface area (Å²) in [5.74, 6) is 0. The van der Waals surface area contributed by atoms with Crippen LogP contribution in [0.1, 0.15) is 0 Å². The molecule has 2 aromatic carbocycles. The number of nitrogens with two attached hydrogens (primary N) is 1. The predicted molar refractivity (Wildman–Crippen MR) is 67.7 cm³/mol. The van der Waals surface area contributed by atoms with Gasteiger partial charge in [0.25, 0.3) is 10.1 Å². The van der Waals surface area contributed by atoms with Gasteiger partial charge in [-0.1, -0.05) is 6.07 Å². The number of hydrogen-bond donors (Lipinski definition) is 3. The van der Waals surface area contributed by atoms with E-state index in [0.29, 0.717) is 11.1 Å². The van der Waals surface area contributed by atoms with Crippen molar-refractivity contribution in [3.63, 3.8) is 0 Å². The van der Waals surface area contributed by atoms with E-state index in [0.717, 1.165) is 11.1 Å². The number of hydrogen-bond acceptors (Lipinski definition) is 4. The van der Waals surface area contributed by atoms with Crippen molar-refractivity contribution in [3.05, 3.63) is 30.3 Å². The van der Waals surface area contributed by atoms with Crippen LogP contribution in [0.3, 0.4) is 0 Å². The lowest BCUT2D eigenvalue weighted by atomic mass is 10.1. The van der Waals surface area contributed by atoms with Crippen LogP contribution in [-0.2, 0) is 10.1 Å². The zero-order chi connectivity index (χ0) is 12.6. The fourth-order valence-corrected chi connectivity index (χ4v) is 2.23. The van der Waals surface area contributed by atoms with E-state index in [1.54, 1.807) is 19.2 Å². The first-order chi connectivity index (χ1) is 7.93. The summed E-state index contributed by atoms with van der Waals surface area (Å²) in [7, 11) is -2.44. The summed E-state index contributed by atoms with van der Waals surface area (Å²) in [4.78, 5) is -0.162. The van der Waals surface area contributed by atoms with Gasteiger partial charge in [-0.2, -0.15) is 8.42 Å². The van der Waals surface area contributed by atoms with Crippen LogP contribution < -0.4 is 11.1 Å². The monoisotopic (exact) mass is 252 g/mol. The Morgan fingerprint density at radius 3 is 2.47 bits per heavy atom. The number of anilines is 2. The van der Waals surface area contributed by atoms with Gasteiger partial charge in [0.1, 0.15) is 0 Å². The van der Waals surface area contributed by atoms with E-state index >= 15 is 0 Å². The molecule has 90 valence electrons. The summed E-state index contributed by atoms with van der Waals surface area (Å²) in [6.07, 6.45) is 0. The molecule has 0 aliphatic carbocycles. The Hall–Kier alpha value is -1.79. The quantitative estimate of drug-likeness (QED) is 0.559. The molecule has 0 aliphatic heterocycles. The molecular weight excluding hydrogens is 240 g/mol. The van der Waals surface area contributed by atoms with Gasteiger partial charge in [0.15, 0.2) is 0 Å². The number of nitrogens with one attached hydrogen (secondary N) is 1. The van der Waals surface area contributed by atoms with Crippen molar-refractivity contribution in [2.45, 2.75) is 4.90 Å². The second-order valence-corrected chi connectivity index (χ2v) is 5.06. The van der Waals surface area contributed by atoms with E-state index in [1.807, 2.05) is 6.07 Å². The standard InChI is InChI=1S/C11H12N2O3S/c1-13-11-5-4-10(12)9-6-7(17(14,15)16)2-3-8(9)11/h2-6,13H,12H2,1H3,(H,14,15,16). The van der Waals surface area contributed by atoms with Gasteiger partial charge in [-0.05, 0) is 24.3 Å². The van der Waals surface area contributed by atoms with Crippen molar-refractivity contribution in [1.29, 1.82) is 0 Å². The highest BCUT2D eigenvalue weighted by atomic mass is 32.2. The summed E-state index contributed by atoms with van der Waals surface area (Å²) < 4.78 is 31.1. The fourth-order valence-electron chi connectivity index (χ4n) is 1.73. The fraction of sp³-hybridized carbons (Fsp3) is 0.0909. The minimum atomic E-state index is -4.21. The highest BCUT2D eigenvalue weighted by molar-refractivity contribution is 7.85. The Balaban J connectivity index is 2.83. The lowest BCUT2D eigenvalue weighted by molar-refractivity contribution is 0.483. The zero-order valence-electron chi connectivity index (χ0n) is 9.14. The van der Waals surface area contributed by atoms with Crippen molar-refractivity contribution in [1.82, 2.24) is 0 Å². The maximum Gasteiger partial charge on any atom is 0.294 e. The molecule has 6 heteroatoms. The van der Waals surface area contributed by atoms with Crippen LogP contribution in [0.5, 0.6) is 0 Å². The summed E-state index contributed by atoms with van der Waals surface area (Å²) in [5, 5.41) is 4.38. The second kappa shape index (κ2) is 3.90. The molecule has 0 heterocycles. The SMILES string of the molecule is CNc1ccc(N)c2cc(S(=O)(=O)O)ccc12. The Morgan fingerprint density at radius 1 is 1.18 bits per heavy atom. The smallest absolute Gasteiger partial charge is 0.294 e. The lowest BCUT2D eigenvalue weighted by Crippen LogP contribution is -1.99. The summed E-state index contributed by atoms with van der Waals surface area (Å²) in [6.45, 7) is 0. The molecule has 2 rings (SSSR count). The maximum absolute atomic E-state index is 11.0. The number of benzene rings is 2. The molecule has 0 aromatic heterocycles. The molecule has 4 N–H and O–H groups in total. The van der Waals surface area contributed by atoms with Crippen molar-refractivity contribution < 1.29 is 13.0 Å². The molecule has 0 amide bonds. The molecule has 2 aromatic rings. The van der Waals surface area contributed by atoms with Crippen LogP contribution in [0.4, 0.5) is 11.4 Å². The normalized spacial score (nSPS) is 11.6. The van der Waals surface area contributed by atoms with Crippen molar-refractivity contribution >= 4 is 32.3 Å². The van der Waals surface area contributed by atoms with Crippen LogP contribution in [0.2, 0.25) is 0 Å². The Kier molecular flexibility index (Phi) is 2.68. The highest BCUT2D eigenvalue weighted by Crippen LogP contribution is 2.30. The largest absolute Gasteiger partial charge is 0.398 e. The third kappa shape index (κ3) is 2.04. The maximum atomic E-state index is 11.0. The van der Waals surface area contributed by atoms with Gasteiger partial charge < -0.3 is 11.1 Å². The van der Waals surface area contributed by atoms with Gasteiger partial charge in [0, 0.05) is 29.2 Å². The molecule has 0 spiro atoms. The molecule has 0 saturated carbocycles. The van der Waals surface area contributed by atoms with Crippen LogP contribution in [0.25, 0.3) is 10.8 Å². The molecule has 0 radical (unpaired) electrons. The van der Waals surface area contributed by atoms with Crippen LogP contribution >= 0.6 is 0 Å². The van der Waals surface area contributed by atoms with Gasteiger partial charge in [0.2, 0.25) is 0 Å². The van der Waals surface area contributed by atoms with E-state index in [9.17, 15) is 8.42 Å². The molecule has 0 unspecified atom stereocenters. The van der Waals surface area contributed by atoms with Gasteiger partial charge >= 0.3 is 0 Å². The third-order valence-electron chi connectivity index (χ3n) is 2.59. The highest BCUT2D eigenvalue weighted by Gasteiger charge is 2.12. The topological polar surface area (TPSA) is 92.4 Å². The molecule has 17 heavy (non-hydrogen) atoms.